The van der Waals surface area contributed by atoms with Crippen LogP contribution in [0.3, 0.4) is 0 Å². The van der Waals surface area contributed by atoms with Crippen molar-refractivity contribution in [2.24, 2.45) is 0 Å². The van der Waals surface area contributed by atoms with Gasteiger partial charge in [-0.3, -0.25) is 14.8 Å². The van der Waals surface area contributed by atoms with Crippen LogP contribution in [0.15, 0.2) is 78.7 Å². The molecule has 0 fully saturated rings. The Bertz CT molecular complexity index is 1140. The lowest BCUT2D eigenvalue weighted by atomic mass is 10.1. The van der Waals surface area contributed by atoms with Crippen LogP contribution in [0.2, 0.25) is 0 Å². The number of rotatable bonds is 7. The quantitative estimate of drug-likeness (QED) is 0.436. The van der Waals surface area contributed by atoms with E-state index >= 15 is 0 Å². The zero-order valence-electron chi connectivity index (χ0n) is 16.5. The summed E-state index contributed by atoms with van der Waals surface area (Å²) in [6.07, 6.45) is 8.13. The third kappa shape index (κ3) is 4.90. The summed E-state index contributed by atoms with van der Waals surface area (Å²) in [5.74, 6) is 0.755. The predicted octanol–water partition coefficient (Wildman–Crippen LogP) is 5.45. The molecule has 0 radical (unpaired) electrons. The number of methoxy groups -OCH3 is 1. The monoisotopic (exact) mass is 415 g/mol. The van der Waals surface area contributed by atoms with E-state index in [0.29, 0.717) is 18.5 Å². The highest BCUT2D eigenvalue weighted by atomic mass is 32.1. The zero-order chi connectivity index (χ0) is 20.8. The molecule has 0 aliphatic carbocycles. The van der Waals surface area contributed by atoms with Gasteiger partial charge in [0.2, 0.25) is 5.91 Å². The number of aromatic nitrogens is 2. The molecule has 3 heterocycles. The molecule has 5 nitrogen and oxygen atoms in total. The number of ether oxygens (including phenoxy) is 1. The van der Waals surface area contributed by atoms with E-state index < -0.39 is 0 Å². The van der Waals surface area contributed by atoms with E-state index in [9.17, 15) is 4.79 Å². The number of hydrogen-bond acceptors (Lipinski definition) is 5. The van der Waals surface area contributed by atoms with E-state index in [0.717, 1.165) is 32.9 Å². The van der Waals surface area contributed by atoms with E-state index in [1.165, 1.54) is 0 Å². The van der Waals surface area contributed by atoms with Gasteiger partial charge in [-0.05, 0) is 53.3 Å². The third-order valence-electron chi connectivity index (χ3n) is 4.68. The van der Waals surface area contributed by atoms with Gasteiger partial charge in [-0.15, -0.1) is 11.3 Å². The fourth-order valence-electron chi connectivity index (χ4n) is 3.12. The highest BCUT2D eigenvalue weighted by Crippen LogP contribution is 2.32. The van der Waals surface area contributed by atoms with Gasteiger partial charge in [-0.25, -0.2) is 0 Å². The summed E-state index contributed by atoms with van der Waals surface area (Å²) in [4.78, 5) is 22.0. The van der Waals surface area contributed by atoms with E-state index in [1.807, 2.05) is 54.9 Å². The summed E-state index contributed by atoms with van der Waals surface area (Å²) in [5, 5.41) is 5.05. The number of anilines is 1. The predicted molar refractivity (Wildman–Crippen MR) is 121 cm³/mol. The van der Waals surface area contributed by atoms with Crippen molar-refractivity contribution in [1.29, 1.82) is 0 Å². The second-order valence-electron chi connectivity index (χ2n) is 6.80. The number of thiophene rings is 1. The first-order valence-electron chi connectivity index (χ1n) is 9.58. The summed E-state index contributed by atoms with van der Waals surface area (Å²) in [5.41, 5.74) is 4.93. The van der Waals surface area contributed by atoms with Gasteiger partial charge in [-0.1, -0.05) is 18.2 Å². The van der Waals surface area contributed by atoms with Gasteiger partial charge in [0.1, 0.15) is 5.75 Å². The molecule has 30 heavy (non-hydrogen) atoms. The summed E-state index contributed by atoms with van der Waals surface area (Å²) >= 11 is 1.64. The molecule has 3 aromatic heterocycles. The maximum absolute atomic E-state index is 12.4. The van der Waals surface area contributed by atoms with Gasteiger partial charge in [0.05, 0.1) is 19.0 Å². The Hall–Kier alpha value is -3.51. The topological polar surface area (TPSA) is 64.1 Å². The number of nitrogens with one attached hydrogen (secondary N) is 1. The highest BCUT2D eigenvalue weighted by molar-refractivity contribution is 7.14. The van der Waals surface area contributed by atoms with Crippen LogP contribution in [-0.4, -0.2) is 23.0 Å². The molecule has 0 aliphatic rings. The van der Waals surface area contributed by atoms with Crippen LogP contribution in [0.4, 0.5) is 5.69 Å². The first-order chi connectivity index (χ1) is 14.7. The van der Waals surface area contributed by atoms with Crippen LogP contribution in [0.25, 0.3) is 21.6 Å². The van der Waals surface area contributed by atoms with Crippen molar-refractivity contribution in [2.45, 2.75) is 12.8 Å². The maximum atomic E-state index is 12.4. The Kier molecular flexibility index (Phi) is 6.15. The third-order valence-corrected chi connectivity index (χ3v) is 5.66. The zero-order valence-corrected chi connectivity index (χ0v) is 17.4. The molecule has 1 aromatic carbocycles. The second kappa shape index (κ2) is 9.33. The molecule has 0 saturated carbocycles. The van der Waals surface area contributed by atoms with Crippen molar-refractivity contribution >= 4 is 22.9 Å². The molecule has 0 bridgehead atoms. The lowest BCUT2D eigenvalue weighted by Gasteiger charge is -2.07. The van der Waals surface area contributed by atoms with Gasteiger partial charge in [0.25, 0.3) is 0 Å². The Morgan fingerprint density at radius 3 is 2.73 bits per heavy atom. The van der Waals surface area contributed by atoms with Crippen molar-refractivity contribution in [3.05, 3.63) is 84.3 Å². The molecule has 0 aliphatic heterocycles. The SMILES string of the molecule is COc1cccc(CCC(=O)Nc2cncc(-c3cc(-c4cccnc4)cs3)c2)c1. The molecule has 4 aromatic rings. The minimum atomic E-state index is -0.0426. The lowest BCUT2D eigenvalue weighted by Crippen LogP contribution is -2.12. The van der Waals surface area contributed by atoms with Gasteiger partial charge >= 0.3 is 0 Å². The Morgan fingerprint density at radius 2 is 1.90 bits per heavy atom. The molecule has 6 heteroatoms. The molecule has 0 saturated heterocycles. The molecule has 0 unspecified atom stereocenters. The standard InChI is InChI=1S/C24H21N3O2S/c1-29-22-6-2-4-17(10-22)7-8-24(28)27-21-11-19(14-26-15-21)23-12-20(16-30-23)18-5-3-9-25-13-18/h2-6,9-16H,7-8H2,1H3,(H,27,28). The number of carbonyl (C=O) groups is 1. The van der Waals surface area contributed by atoms with Crippen LogP contribution in [0, 0.1) is 0 Å². The number of carbonyl (C=O) groups excluding carboxylic acids is 1. The van der Waals surface area contributed by atoms with Gasteiger partial charge in [-0.2, -0.15) is 0 Å². The largest absolute Gasteiger partial charge is 0.497 e. The van der Waals surface area contributed by atoms with Crippen molar-refractivity contribution < 1.29 is 9.53 Å². The molecule has 0 atom stereocenters. The number of nitrogens with zero attached hydrogens (tertiary/aromatic N) is 2. The number of amides is 1. The molecule has 1 N–H and O–H groups in total. The van der Waals surface area contributed by atoms with Crippen LogP contribution < -0.4 is 10.1 Å². The van der Waals surface area contributed by atoms with E-state index in [4.69, 9.17) is 4.74 Å². The van der Waals surface area contributed by atoms with Crippen LogP contribution in [0.1, 0.15) is 12.0 Å². The highest BCUT2D eigenvalue weighted by Gasteiger charge is 2.08. The molecular formula is C24H21N3O2S. The Balaban J connectivity index is 1.41. The number of hydrogen-bond donors (Lipinski definition) is 1. The lowest BCUT2D eigenvalue weighted by molar-refractivity contribution is -0.116. The van der Waals surface area contributed by atoms with Crippen LogP contribution in [0.5, 0.6) is 5.75 Å². The summed E-state index contributed by atoms with van der Waals surface area (Å²) in [6, 6.07) is 15.8. The average Bonchev–Trinajstić information content (AvgIpc) is 3.29. The van der Waals surface area contributed by atoms with E-state index in [-0.39, 0.29) is 5.91 Å². The summed E-state index contributed by atoms with van der Waals surface area (Å²) < 4.78 is 5.23. The molecule has 4 rings (SSSR count). The normalized spacial score (nSPS) is 10.6. The smallest absolute Gasteiger partial charge is 0.224 e. The van der Waals surface area contributed by atoms with E-state index in [1.54, 1.807) is 30.8 Å². The number of pyridine rings is 2. The number of benzene rings is 1. The Labute approximate surface area is 179 Å². The summed E-state index contributed by atoms with van der Waals surface area (Å²) in [7, 11) is 1.64. The first kappa shape index (κ1) is 19.8. The second-order valence-corrected chi connectivity index (χ2v) is 7.71. The number of aryl methyl sites for hydroxylation is 1. The maximum Gasteiger partial charge on any atom is 0.224 e. The molecule has 0 spiro atoms. The Morgan fingerprint density at radius 1 is 1.00 bits per heavy atom. The van der Waals surface area contributed by atoms with Crippen molar-refractivity contribution in [1.82, 2.24) is 9.97 Å². The van der Waals surface area contributed by atoms with Crippen LogP contribution in [-0.2, 0) is 11.2 Å². The fourth-order valence-corrected chi connectivity index (χ4v) is 4.03. The average molecular weight is 416 g/mol. The molecule has 1 amide bonds. The minimum Gasteiger partial charge on any atom is -0.497 e. The van der Waals surface area contributed by atoms with Gasteiger partial charge in [0.15, 0.2) is 0 Å². The van der Waals surface area contributed by atoms with Gasteiger partial charge in [0, 0.05) is 41.0 Å². The van der Waals surface area contributed by atoms with Crippen molar-refractivity contribution in [2.75, 3.05) is 12.4 Å². The van der Waals surface area contributed by atoms with Crippen molar-refractivity contribution in [3.8, 4) is 27.3 Å². The van der Waals surface area contributed by atoms with Crippen molar-refractivity contribution in [3.63, 3.8) is 0 Å². The molecular weight excluding hydrogens is 394 g/mol. The van der Waals surface area contributed by atoms with Crippen LogP contribution >= 0.6 is 11.3 Å². The van der Waals surface area contributed by atoms with Gasteiger partial charge < -0.3 is 10.1 Å². The first-order valence-corrected chi connectivity index (χ1v) is 10.5. The molecule has 150 valence electrons. The minimum absolute atomic E-state index is 0.0426. The van der Waals surface area contributed by atoms with E-state index in [2.05, 4.69) is 26.7 Å². The summed E-state index contributed by atoms with van der Waals surface area (Å²) in [6.45, 7) is 0. The fraction of sp³-hybridized carbons (Fsp3) is 0.125.